The topological polar surface area (TPSA) is 75.5 Å². The Labute approximate surface area is 178 Å². The van der Waals surface area contributed by atoms with Gasteiger partial charge in [0.25, 0.3) is 0 Å². The monoisotopic (exact) mass is 411 g/mol. The number of benzene rings is 3. The van der Waals surface area contributed by atoms with E-state index in [1.54, 1.807) is 19.2 Å². The van der Waals surface area contributed by atoms with Gasteiger partial charge in [-0.1, -0.05) is 23.8 Å². The number of aromatic hydroxyl groups is 1. The molecule has 3 aromatic carbocycles. The standard InChI is InChI=1S/C26H21NO4/c1-15-3-12-22-20(13-15)25(29)23-24(17-6-10-19(30-2)11-7-17)27-21(26(23)31-22)14-16-4-8-18(28)9-5-16/h3-13,27-28H,14H2,1-2H3. The predicted octanol–water partition coefficient (Wildman–Crippen LogP) is 5.55. The summed E-state index contributed by atoms with van der Waals surface area (Å²) in [5, 5.41) is 10.7. The summed E-state index contributed by atoms with van der Waals surface area (Å²) in [4.78, 5) is 17.0. The average molecular weight is 411 g/mol. The number of rotatable bonds is 4. The van der Waals surface area contributed by atoms with Gasteiger partial charge in [0.15, 0.2) is 5.58 Å². The lowest BCUT2D eigenvalue weighted by molar-refractivity contribution is 0.415. The van der Waals surface area contributed by atoms with Crippen molar-refractivity contribution in [1.29, 1.82) is 0 Å². The number of phenolic OH excluding ortho intramolecular Hbond substituents is 1. The Hall–Kier alpha value is -3.99. The van der Waals surface area contributed by atoms with Crippen LogP contribution >= 0.6 is 0 Å². The molecule has 0 aliphatic heterocycles. The van der Waals surface area contributed by atoms with Crippen LogP contribution in [0.5, 0.6) is 11.5 Å². The maximum absolute atomic E-state index is 13.5. The van der Waals surface area contributed by atoms with Crippen molar-refractivity contribution in [2.45, 2.75) is 13.3 Å². The highest BCUT2D eigenvalue weighted by molar-refractivity contribution is 6.00. The van der Waals surface area contributed by atoms with Gasteiger partial charge in [-0.3, -0.25) is 4.79 Å². The number of hydrogen-bond donors (Lipinski definition) is 2. The fourth-order valence-corrected chi connectivity index (χ4v) is 3.94. The van der Waals surface area contributed by atoms with E-state index in [1.165, 1.54) is 0 Å². The Balaban J connectivity index is 1.78. The highest BCUT2D eigenvalue weighted by Crippen LogP contribution is 2.33. The van der Waals surface area contributed by atoms with E-state index in [0.29, 0.717) is 28.4 Å². The van der Waals surface area contributed by atoms with Crippen molar-refractivity contribution in [2.75, 3.05) is 7.11 Å². The van der Waals surface area contributed by atoms with Crippen molar-refractivity contribution < 1.29 is 14.3 Å². The molecule has 2 N–H and O–H groups in total. The number of hydrogen-bond acceptors (Lipinski definition) is 4. The lowest BCUT2D eigenvalue weighted by atomic mass is 10.1. The number of methoxy groups -OCH3 is 1. The number of aromatic amines is 1. The van der Waals surface area contributed by atoms with Gasteiger partial charge >= 0.3 is 0 Å². The molecule has 0 radical (unpaired) electrons. The van der Waals surface area contributed by atoms with Crippen molar-refractivity contribution in [3.63, 3.8) is 0 Å². The van der Waals surface area contributed by atoms with Crippen LogP contribution in [-0.4, -0.2) is 17.2 Å². The lowest BCUT2D eigenvalue weighted by Gasteiger charge is -2.03. The van der Waals surface area contributed by atoms with Crippen molar-refractivity contribution in [3.05, 3.63) is 93.8 Å². The van der Waals surface area contributed by atoms with E-state index in [0.717, 1.165) is 33.8 Å². The van der Waals surface area contributed by atoms with Gasteiger partial charge in [-0.15, -0.1) is 0 Å². The summed E-state index contributed by atoms with van der Waals surface area (Å²) in [6.07, 6.45) is 0.535. The van der Waals surface area contributed by atoms with Crippen LogP contribution in [0.4, 0.5) is 0 Å². The summed E-state index contributed by atoms with van der Waals surface area (Å²) < 4.78 is 11.5. The molecular weight excluding hydrogens is 390 g/mol. The molecule has 0 aliphatic rings. The molecule has 0 bridgehead atoms. The summed E-state index contributed by atoms with van der Waals surface area (Å²) in [6.45, 7) is 1.96. The SMILES string of the molecule is COc1ccc(-c2[nH]c(Cc3ccc(O)cc3)c3oc4ccc(C)cc4c(=O)c23)cc1. The maximum atomic E-state index is 13.5. The second-order valence-electron chi connectivity index (χ2n) is 7.69. The summed E-state index contributed by atoms with van der Waals surface area (Å²) in [5.41, 5.74) is 5.48. The van der Waals surface area contributed by atoms with Gasteiger partial charge < -0.3 is 19.2 Å². The highest BCUT2D eigenvalue weighted by atomic mass is 16.5. The third kappa shape index (κ3) is 3.34. The zero-order valence-corrected chi connectivity index (χ0v) is 17.2. The van der Waals surface area contributed by atoms with Gasteiger partial charge in [0.1, 0.15) is 17.1 Å². The Morgan fingerprint density at radius 1 is 1.00 bits per heavy atom. The van der Waals surface area contributed by atoms with Gasteiger partial charge in [-0.05, 0) is 66.6 Å². The van der Waals surface area contributed by atoms with Crippen molar-refractivity contribution in [2.24, 2.45) is 0 Å². The first kappa shape index (κ1) is 19.0. The van der Waals surface area contributed by atoms with E-state index >= 15 is 0 Å². The minimum atomic E-state index is -0.0565. The van der Waals surface area contributed by atoms with E-state index in [4.69, 9.17) is 9.15 Å². The molecule has 5 nitrogen and oxygen atoms in total. The molecule has 0 fully saturated rings. The highest BCUT2D eigenvalue weighted by Gasteiger charge is 2.20. The molecule has 0 spiro atoms. The third-order valence-corrected chi connectivity index (χ3v) is 5.54. The van der Waals surface area contributed by atoms with Crippen molar-refractivity contribution in [1.82, 2.24) is 4.98 Å². The fourth-order valence-electron chi connectivity index (χ4n) is 3.94. The first-order valence-corrected chi connectivity index (χ1v) is 10.0. The largest absolute Gasteiger partial charge is 0.508 e. The number of aromatic nitrogens is 1. The molecule has 0 saturated carbocycles. The Bertz CT molecular complexity index is 1460. The van der Waals surface area contributed by atoms with E-state index < -0.39 is 0 Å². The molecule has 0 saturated heterocycles. The second kappa shape index (κ2) is 7.36. The summed E-state index contributed by atoms with van der Waals surface area (Å²) in [7, 11) is 1.62. The van der Waals surface area contributed by atoms with Crippen LogP contribution in [0.2, 0.25) is 0 Å². The molecule has 5 rings (SSSR count). The predicted molar refractivity (Wildman–Crippen MR) is 122 cm³/mol. The van der Waals surface area contributed by atoms with Gasteiger partial charge in [0.2, 0.25) is 5.43 Å². The number of aryl methyl sites for hydroxylation is 1. The van der Waals surface area contributed by atoms with E-state index in [1.807, 2.05) is 61.5 Å². The fraction of sp³-hybridized carbons (Fsp3) is 0.115. The number of phenols is 1. The van der Waals surface area contributed by atoms with Crippen LogP contribution in [0.15, 0.2) is 75.9 Å². The zero-order chi connectivity index (χ0) is 21.5. The van der Waals surface area contributed by atoms with Crippen LogP contribution in [0, 0.1) is 6.92 Å². The van der Waals surface area contributed by atoms with E-state index in [-0.39, 0.29) is 11.2 Å². The Kier molecular flexibility index (Phi) is 4.51. The normalized spacial score (nSPS) is 11.3. The van der Waals surface area contributed by atoms with Gasteiger partial charge in [-0.25, -0.2) is 0 Å². The molecular formula is C26H21NO4. The van der Waals surface area contributed by atoms with Gasteiger partial charge in [0, 0.05) is 6.42 Å². The molecule has 0 amide bonds. The van der Waals surface area contributed by atoms with Crippen molar-refractivity contribution >= 4 is 21.9 Å². The van der Waals surface area contributed by atoms with Gasteiger partial charge in [-0.2, -0.15) is 0 Å². The Morgan fingerprint density at radius 2 is 1.74 bits per heavy atom. The molecule has 0 atom stereocenters. The van der Waals surface area contributed by atoms with E-state index in [2.05, 4.69) is 4.98 Å². The number of fused-ring (bicyclic) bond motifs is 2. The quantitative estimate of drug-likeness (QED) is 0.406. The number of ether oxygens (including phenoxy) is 1. The van der Waals surface area contributed by atoms with Crippen molar-refractivity contribution in [3.8, 4) is 22.8 Å². The van der Waals surface area contributed by atoms with Crippen LogP contribution in [-0.2, 0) is 6.42 Å². The first-order chi connectivity index (χ1) is 15.0. The molecule has 5 aromatic rings. The number of H-pyrrole nitrogens is 1. The Morgan fingerprint density at radius 3 is 2.45 bits per heavy atom. The molecule has 0 aliphatic carbocycles. The maximum Gasteiger partial charge on any atom is 0.202 e. The van der Waals surface area contributed by atoms with Crippen LogP contribution in [0.25, 0.3) is 33.2 Å². The third-order valence-electron chi connectivity index (χ3n) is 5.54. The summed E-state index contributed by atoms with van der Waals surface area (Å²) in [6, 6.07) is 20.3. The molecule has 31 heavy (non-hydrogen) atoms. The molecule has 154 valence electrons. The minimum Gasteiger partial charge on any atom is -0.508 e. The minimum absolute atomic E-state index is 0.0565. The van der Waals surface area contributed by atoms with Crippen LogP contribution < -0.4 is 10.2 Å². The van der Waals surface area contributed by atoms with Gasteiger partial charge in [0.05, 0.1) is 29.3 Å². The molecule has 5 heteroatoms. The summed E-state index contributed by atoms with van der Waals surface area (Å²) >= 11 is 0. The number of nitrogens with one attached hydrogen (secondary N) is 1. The molecule has 2 aromatic heterocycles. The summed E-state index contributed by atoms with van der Waals surface area (Å²) in [5.74, 6) is 0.962. The lowest BCUT2D eigenvalue weighted by Crippen LogP contribution is -2.02. The zero-order valence-electron chi connectivity index (χ0n) is 17.2. The smallest absolute Gasteiger partial charge is 0.202 e. The molecule has 2 heterocycles. The average Bonchev–Trinajstić information content (AvgIpc) is 3.14. The van der Waals surface area contributed by atoms with E-state index in [9.17, 15) is 9.90 Å². The first-order valence-electron chi connectivity index (χ1n) is 10.0. The van der Waals surface area contributed by atoms with Crippen LogP contribution in [0.1, 0.15) is 16.8 Å². The molecule has 0 unspecified atom stereocenters. The second-order valence-corrected chi connectivity index (χ2v) is 7.69. The van der Waals surface area contributed by atoms with Crippen LogP contribution in [0.3, 0.4) is 0 Å².